The fraction of sp³-hybridized carbons (Fsp3) is 0.818. The Labute approximate surface area is 90.3 Å². The third kappa shape index (κ3) is 2.70. The maximum absolute atomic E-state index is 11.5. The van der Waals surface area contributed by atoms with Gasteiger partial charge in [0, 0.05) is 12.6 Å². The van der Waals surface area contributed by atoms with E-state index >= 15 is 0 Å². The van der Waals surface area contributed by atoms with Crippen LogP contribution in [0.3, 0.4) is 0 Å². The lowest BCUT2D eigenvalue weighted by molar-refractivity contribution is -0.159. The number of carboxylic acid groups (broad SMARTS) is 1. The minimum absolute atomic E-state index is 0.0501. The highest BCUT2D eigenvalue weighted by Crippen LogP contribution is 2.31. The summed E-state index contributed by atoms with van der Waals surface area (Å²) in [6, 6.07) is 0.0508. The largest absolute Gasteiger partial charge is 0.474 e. The zero-order chi connectivity index (χ0) is 11.6. The topological polar surface area (TPSA) is 57.6 Å². The predicted octanol–water partition coefficient (Wildman–Crippen LogP) is 1.50. The fourth-order valence-electron chi connectivity index (χ4n) is 2.20. The summed E-state index contributed by atoms with van der Waals surface area (Å²) in [5, 5.41) is 8.73. The summed E-state index contributed by atoms with van der Waals surface area (Å²) < 4.78 is 0. The smallest absolute Gasteiger partial charge is 0.394 e. The van der Waals surface area contributed by atoms with Crippen molar-refractivity contribution < 1.29 is 14.7 Å². The molecule has 1 aliphatic rings. The normalized spacial score (nSPS) is 22.6. The highest BCUT2D eigenvalue weighted by Gasteiger charge is 2.37. The summed E-state index contributed by atoms with van der Waals surface area (Å²) in [5.41, 5.74) is -0.0501. The Bertz CT molecular complexity index is 267. The van der Waals surface area contributed by atoms with Gasteiger partial charge in [-0.05, 0) is 24.7 Å². The second-order valence-corrected chi connectivity index (χ2v) is 5.18. The van der Waals surface area contributed by atoms with Crippen molar-refractivity contribution in [1.82, 2.24) is 4.90 Å². The molecule has 1 unspecified atom stereocenters. The Morgan fingerprint density at radius 2 is 1.87 bits per heavy atom. The van der Waals surface area contributed by atoms with Gasteiger partial charge in [0.25, 0.3) is 0 Å². The molecule has 0 aromatic heterocycles. The number of carboxylic acids is 1. The van der Waals surface area contributed by atoms with Crippen LogP contribution in [-0.2, 0) is 9.59 Å². The van der Waals surface area contributed by atoms with Crippen molar-refractivity contribution in [2.75, 3.05) is 6.54 Å². The van der Waals surface area contributed by atoms with Crippen LogP contribution in [-0.4, -0.2) is 34.5 Å². The number of amides is 1. The van der Waals surface area contributed by atoms with Crippen molar-refractivity contribution in [1.29, 1.82) is 0 Å². The quantitative estimate of drug-likeness (QED) is 0.620. The van der Waals surface area contributed by atoms with E-state index in [-0.39, 0.29) is 11.5 Å². The first kappa shape index (κ1) is 12.0. The molecular weight excluding hydrogens is 194 g/mol. The van der Waals surface area contributed by atoms with E-state index in [1.165, 1.54) is 4.90 Å². The number of carbonyl (C=O) groups excluding carboxylic acids is 1. The summed E-state index contributed by atoms with van der Waals surface area (Å²) in [6.45, 7) is 6.72. The molecule has 0 aromatic rings. The van der Waals surface area contributed by atoms with E-state index in [1.54, 1.807) is 0 Å². The first-order chi connectivity index (χ1) is 6.84. The van der Waals surface area contributed by atoms with Crippen molar-refractivity contribution in [3.63, 3.8) is 0 Å². The van der Waals surface area contributed by atoms with Gasteiger partial charge in [-0.3, -0.25) is 4.79 Å². The summed E-state index contributed by atoms with van der Waals surface area (Å²) >= 11 is 0. The van der Waals surface area contributed by atoms with Crippen LogP contribution in [0.5, 0.6) is 0 Å². The average molecular weight is 213 g/mol. The van der Waals surface area contributed by atoms with Gasteiger partial charge in [0.1, 0.15) is 0 Å². The molecule has 0 radical (unpaired) electrons. The van der Waals surface area contributed by atoms with Crippen LogP contribution in [0.2, 0.25) is 0 Å². The van der Waals surface area contributed by atoms with Gasteiger partial charge in [-0.1, -0.05) is 20.8 Å². The van der Waals surface area contributed by atoms with Crippen LogP contribution in [0, 0.1) is 5.41 Å². The van der Waals surface area contributed by atoms with Gasteiger partial charge in [0.2, 0.25) is 0 Å². The van der Waals surface area contributed by atoms with E-state index < -0.39 is 11.9 Å². The van der Waals surface area contributed by atoms with Gasteiger partial charge in [-0.25, -0.2) is 4.79 Å². The molecule has 1 atom stereocenters. The van der Waals surface area contributed by atoms with Gasteiger partial charge >= 0.3 is 11.9 Å². The zero-order valence-corrected chi connectivity index (χ0v) is 9.62. The second kappa shape index (κ2) is 4.21. The van der Waals surface area contributed by atoms with Crippen molar-refractivity contribution >= 4 is 11.9 Å². The molecule has 0 spiro atoms. The lowest BCUT2D eigenvalue weighted by Gasteiger charge is -2.42. The number of likely N-dealkylation sites (tertiary alicyclic amines) is 1. The maximum Gasteiger partial charge on any atom is 0.394 e. The molecule has 15 heavy (non-hydrogen) atoms. The van der Waals surface area contributed by atoms with Crippen LogP contribution >= 0.6 is 0 Å². The van der Waals surface area contributed by atoms with Crippen LogP contribution in [0.15, 0.2) is 0 Å². The number of hydrogen-bond acceptors (Lipinski definition) is 2. The summed E-state index contributed by atoms with van der Waals surface area (Å²) in [6.07, 6.45) is 2.89. The SMILES string of the molecule is CC(C)(C)C1CCCCN1C(=O)C(=O)O. The van der Waals surface area contributed by atoms with Crippen LogP contribution < -0.4 is 0 Å². The molecule has 1 rings (SSSR count). The second-order valence-electron chi connectivity index (χ2n) is 5.18. The summed E-state index contributed by atoms with van der Waals surface area (Å²) in [4.78, 5) is 23.7. The molecule has 1 fully saturated rings. The minimum Gasteiger partial charge on any atom is -0.474 e. The van der Waals surface area contributed by atoms with Crippen molar-refractivity contribution in [2.24, 2.45) is 5.41 Å². The molecule has 1 saturated heterocycles. The first-order valence-electron chi connectivity index (χ1n) is 5.38. The molecule has 0 aromatic carbocycles. The maximum atomic E-state index is 11.5. The fourth-order valence-corrected chi connectivity index (χ4v) is 2.20. The number of piperidine rings is 1. The number of hydrogen-bond donors (Lipinski definition) is 1. The lowest BCUT2D eigenvalue weighted by Crippen LogP contribution is -2.52. The van der Waals surface area contributed by atoms with E-state index in [0.29, 0.717) is 6.54 Å². The molecule has 0 saturated carbocycles. The lowest BCUT2D eigenvalue weighted by atomic mass is 9.80. The molecule has 1 amide bonds. The van der Waals surface area contributed by atoms with Crippen molar-refractivity contribution in [2.45, 2.75) is 46.1 Å². The average Bonchev–Trinajstić information content (AvgIpc) is 2.15. The Morgan fingerprint density at radius 1 is 1.27 bits per heavy atom. The Balaban J connectivity index is 2.83. The van der Waals surface area contributed by atoms with Crippen LogP contribution in [0.4, 0.5) is 0 Å². The van der Waals surface area contributed by atoms with Gasteiger partial charge in [-0.2, -0.15) is 0 Å². The number of carbonyl (C=O) groups is 2. The number of rotatable bonds is 0. The predicted molar refractivity (Wildman–Crippen MR) is 56.4 cm³/mol. The molecule has 0 aliphatic carbocycles. The highest BCUT2D eigenvalue weighted by molar-refractivity contribution is 6.31. The first-order valence-corrected chi connectivity index (χ1v) is 5.38. The zero-order valence-electron chi connectivity index (χ0n) is 9.62. The van der Waals surface area contributed by atoms with Crippen LogP contribution in [0.25, 0.3) is 0 Å². The molecule has 4 nitrogen and oxygen atoms in total. The minimum atomic E-state index is -1.34. The van der Waals surface area contributed by atoms with Crippen molar-refractivity contribution in [3.8, 4) is 0 Å². The highest BCUT2D eigenvalue weighted by atomic mass is 16.4. The molecule has 86 valence electrons. The monoisotopic (exact) mass is 213 g/mol. The van der Waals surface area contributed by atoms with Gasteiger partial charge in [-0.15, -0.1) is 0 Å². The Kier molecular flexibility index (Phi) is 3.37. The van der Waals surface area contributed by atoms with E-state index in [4.69, 9.17) is 5.11 Å². The summed E-state index contributed by atoms with van der Waals surface area (Å²) in [7, 11) is 0. The number of aliphatic carboxylic acids is 1. The molecule has 1 N–H and O–H groups in total. The number of nitrogens with zero attached hydrogens (tertiary/aromatic N) is 1. The Hall–Kier alpha value is -1.06. The van der Waals surface area contributed by atoms with E-state index in [0.717, 1.165) is 19.3 Å². The van der Waals surface area contributed by atoms with E-state index in [9.17, 15) is 9.59 Å². The van der Waals surface area contributed by atoms with E-state index in [2.05, 4.69) is 0 Å². The molecule has 4 heteroatoms. The van der Waals surface area contributed by atoms with Gasteiger partial charge in [0.05, 0.1) is 0 Å². The third-order valence-corrected chi connectivity index (χ3v) is 2.95. The molecular formula is C11H19NO3. The Morgan fingerprint density at radius 3 is 2.33 bits per heavy atom. The van der Waals surface area contributed by atoms with Gasteiger partial charge < -0.3 is 10.0 Å². The van der Waals surface area contributed by atoms with Crippen molar-refractivity contribution in [3.05, 3.63) is 0 Å². The molecule has 1 heterocycles. The van der Waals surface area contributed by atoms with Gasteiger partial charge in [0.15, 0.2) is 0 Å². The summed E-state index contributed by atoms with van der Waals surface area (Å²) in [5.74, 6) is -2.10. The molecule has 0 bridgehead atoms. The van der Waals surface area contributed by atoms with E-state index in [1.807, 2.05) is 20.8 Å². The molecule has 1 aliphatic heterocycles. The van der Waals surface area contributed by atoms with Crippen LogP contribution in [0.1, 0.15) is 40.0 Å². The third-order valence-electron chi connectivity index (χ3n) is 2.95. The standard InChI is InChI=1S/C11H19NO3/c1-11(2,3)8-6-4-5-7-12(8)9(13)10(14)15/h8H,4-7H2,1-3H3,(H,14,15).